The third kappa shape index (κ3) is 3.35. The van der Waals surface area contributed by atoms with Crippen molar-refractivity contribution in [2.24, 2.45) is 0 Å². The number of ether oxygens (including phenoxy) is 1. The van der Waals surface area contributed by atoms with Crippen molar-refractivity contribution in [3.05, 3.63) is 56.9 Å². The van der Waals surface area contributed by atoms with Crippen molar-refractivity contribution in [2.75, 3.05) is 14.2 Å². The summed E-state index contributed by atoms with van der Waals surface area (Å²) in [7, 11) is 2.69. The Bertz CT molecular complexity index is 1100. The SMILES string of the molecule is COc1cc([N+](=O)[O-])ccc1-n1c(C)cc(/C=C2/C(=O)NC(=O)N(C)C2=O)c1C. The average molecular weight is 398 g/mol. The molecule has 0 saturated carbocycles. The van der Waals surface area contributed by atoms with Crippen LogP contribution >= 0.6 is 0 Å². The number of aromatic nitrogens is 1. The Morgan fingerprint density at radius 2 is 1.86 bits per heavy atom. The summed E-state index contributed by atoms with van der Waals surface area (Å²) in [6.07, 6.45) is 1.41. The summed E-state index contributed by atoms with van der Waals surface area (Å²) in [4.78, 5) is 47.3. The van der Waals surface area contributed by atoms with E-state index < -0.39 is 22.8 Å². The minimum atomic E-state index is -0.779. The highest BCUT2D eigenvalue weighted by molar-refractivity contribution is 6.30. The number of rotatable bonds is 4. The van der Waals surface area contributed by atoms with Crippen LogP contribution in [0.25, 0.3) is 11.8 Å². The fourth-order valence-corrected chi connectivity index (χ4v) is 3.17. The maximum Gasteiger partial charge on any atom is 0.331 e. The third-order valence-corrected chi connectivity index (χ3v) is 4.69. The molecule has 0 unspecified atom stereocenters. The fraction of sp³-hybridized carbons (Fsp3) is 0.211. The summed E-state index contributed by atoms with van der Waals surface area (Å²) in [5.41, 5.74) is 2.33. The van der Waals surface area contributed by atoms with Crippen LogP contribution in [0.15, 0.2) is 29.8 Å². The summed E-state index contributed by atoms with van der Waals surface area (Å²) in [6.45, 7) is 3.59. The number of imide groups is 2. The average Bonchev–Trinajstić information content (AvgIpc) is 2.96. The number of barbiturate groups is 1. The molecule has 10 nitrogen and oxygen atoms in total. The van der Waals surface area contributed by atoms with E-state index in [0.29, 0.717) is 22.7 Å². The van der Waals surface area contributed by atoms with Crippen molar-refractivity contribution < 1.29 is 24.0 Å². The second-order valence-electron chi connectivity index (χ2n) is 6.46. The molecule has 1 fully saturated rings. The number of hydrogen-bond donors (Lipinski definition) is 1. The number of urea groups is 1. The van der Waals surface area contributed by atoms with Gasteiger partial charge in [-0.1, -0.05) is 0 Å². The van der Waals surface area contributed by atoms with Gasteiger partial charge in [-0.05, 0) is 37.6 Å². The Kier molecular flexibility index (Phi) is 4.93. The van der Waals surface area contributed by atoms with Gasteiger partial charge in [0, 0.05) is 24.5 Å². The second-order valence-corrected chi connectivity index (χ2v) is 6.46. The molecule has 29 heavy (non-hydrogen) atoms. The van der Waals surface area contributed by atoms with Crippen LogP contribution in [0, 0.1) is 24.0 Å². The lowest BCUT2D eigenvalue weighted by Crippen LogP contribution is -2.52. The number of nitrogens with one attached hydrogen (secondary N) is 1. The molecule has 4 amide bonds. The highest BCUT2D eigenvalue weighted by atomic mass is 16.6. The standard InChI is InChI=1S/C19H18N4O6/c1-10-7-12(8-14-17(24)20-19(26)21(3)18(14)25)11(2)22(10)15-6-5-13(23(27)28)9-16(15)29-4/h5-9H,1-4H3,(H,20,24,26)/b14-8-. The van der Waals surface area contributed by atoms with Crippen LogP contribution < -0.4 is 10.1 Å². The molecule has 1 aromatic carbocycles. The van der Waals surface area contributed by atoms with Crippen molar-refractivity contribution in [3.63, 3.8) is 0 Å². The molecular weight excluding hydrogens is 380 g/mol. The van der Waals surface area contributed by atoms with Gasteiger partial charge in [-0.2, -0.15) is 0 Å². The van der Waals surface area contributed by atoms with Crippen LogP contribution in [0.3, 0.4) is 0 Å². The lowest BCUT2D eigenvalue weighted by molar-refractivity contribution is -0.384. The largest absolute Gasteiger partial charge is 0.494 e. The van der Waals surface area contributed by atoms with Crippen LogP contribution in [0.4, 0.5) is 10.5 Å². The molecule has 3 rings (SSSR count). The predicted molar refractivity (Wildman–Crippen MR) is 103 cm³/mol. The monoisotopic (exact) mass is 398 g/mol. The van der Waals surface area contributed by atoms with E-state index in [0.717, 1.165) is 10.6 Å². The molecule has 10 heteroatoms. The summed E-state index contributed by atoms with van der Waals surface area (Å²) in [5.74, 6) is -1.16. The number of benzene rings is 1. The number of nitro groups is 1. The van der Waals surface area contributed by atoms with Crippen LogP contribution in [0.5, 0.6) is 5.75 Å². The molecule has 2 heterocycles. The van der Waals surface area contributed by atoms with Crippen molar-refractivity contribution in [2.45, 2.75) is 13.8 Å². The van der Waals surface area contributed by atoms with Gasteiger partial charge in [0.15, 0.2) is 0 Å². The normalized spacial score (nSPS) is 15.7. The molecule has 1 saturated heterocycles. The minimum absolute atomic E-state index is 0.104. The van der Waals surface area contributed by atoms with Crippen molar-refractivity contribution in [3.8, 4) is 11.4 Å². The van der Waals surface area contributed by atoms with Gasteiger partial charge < -0.3 is 9.30 Å². The van der Waals surface area contributed by atoms with Crippen LogP contribution in [-0.2, 0) is 9.59 Å². The molecule has 0 atom stereocenters. The topological polar surface area (TPSA) is 124 Å². The molecule has 0 bridgehead atoms. The Morgan fingerprint density at radius 3 is 2.48 bits per heavy atom. The Hall–Kier alpha value is -3.95. The quantitative estimate of drug-likeness (QED) is 0.364. The summed E-state index contributed by atoms with van der Waals surface area (Å²) >= 11 is 0. The van der Waals surface area contributed by atoms with Crippen molar-refractivity contribution in [1.29, 1.82) is 0 Å². The zero-order chi connectivity index (χ0) is 21.5. The van der Waals surface area contributed by atoms with Gasteiger partial charge in [0.05, 0.1) is 23.8 Å². The number of methoxy groups -OCH3 is 1. The van der Waals surface area contributed by atoms with Gasteiger partial charge in [-0.3, -0.25) is 29.9 Å². The van der Waals surface area contributed by atoms with Crippen molar-refractivity contribution in [1.82, 2.24) is 14.8 Å². The molecule has 0 radical (unpaired) electrons. The summed E-state index contributed by atoms with van der Waals surface area (Å²) in [5, 5.41) is 13.1. The molecule has 1 aliphatic rings. The van der Waals surface area contributed by atoms with E-state index in [9.17, 15) is 24.5 Å². The first-order chi connectivity index (χ1) is 13.6. The summed E-state index contributed by atoms with van der Waals surface area (Å²) in [6, 6.07) is 5.25. The Morgan fingerprint density at radius 1 is 1.17 bits per heavy atom. The Labute approximate surface area is 165 Å². The predicted octanol–water partition coefficient (Wildman–Crippen LogP) is 2.10. The highest BCUT2D eigenvalue weighted by Gasteiger charge is 2.33. The van der Waals surface area contributed by atoms with Crippen LogP contribution in [-0.4, -0.2) is 46.4 Å². The molecule has 1 N–H and O–H groups in total. The van der Waals surface area contributed by atoms with Gasteiger partial charge in [0.1, 0.15) is 11.3 Å². The van der Waals surface area contributed by atoms with E-state index in [-0.39, 0.29) is 11.3 Å². The van der Waals surface area contributed by atoms with Crippen molar-refractivity contribution >= 4 is 29.6 Å². The molecule has 0 spiro atoms. The van der Waals surface area contributed by atoms with E-state index in [1.165, 1.54) is 32.4 Å². The molecule has 1 aromatic heterocycles. The van der Waals surface area contributed by atoms with E-state index in [4.69, 9.17) is 4.74 Å². The maximum atomic E-state index is 12.3. The first kappa shape index (κ1) is 19.8. The number of likely N-dealkylation sites (N-methyl/N-ethyl adjacent to an activating group) is 1. The minimum Gasteiger partial charge on any atom is -0.494 e. The fourth-order valence-electron chi connectivity index (χ4n) is 3.17. The molecule has 150 valence electrons. The van der Waals surface area contributed by atoms with Gasteiger partial charge in [0.25, 0.3) is 17.5 Å². The second kappa shape index (κ2) is 7.23. The number of hydrogen-bond acceptors (Lipinski definition) is 6. The number of amides is 4. The zero-order valence-electron chi connectivity index (χ0n) is 16.2. The first-order valence-corrected chi connectivity index (χ1v) is 8.52. The van der Waals surface area contributed by atoms with Gasteiger partial charge >= 0.3 is 6.03 Å². The van der Waals surface area contributed by atoms with Gasteiger partial charge in [-0.25, -0.2) is 4.79 Å². The van der Waals surface area contributed by atoms with Crippen LogP contribution in [0.2, 0.25) is 0 Å². The van der Waals surface area contributed by atoms with E-state index in [2.05, 4.69) is 5.32 Å². The number of non-ortho nitro benzene ring substituents is 1. The van der Waals surface area contributed by atoms with Crippen LogP contribution in [0.1, 0.15) is 17.0 Å². The first-order valence-electron chi connectivity index (χ1n) is 8.52. The highest BCUT2D eigenvalue weighted by Crippen LogP contribution is 2.32. The molecule has 2 aromatic rings. The van der Waals surface area contributed by atoms with E-state index >= 15 is 0 Å². The lowest BCUT2D eigenvalue weighted by atomic mass is 10.1. The van der Waals surface area contributed by atoms with E-state index in [1.54, 1.807) is 23.6 Å². The maximum absolute atomic E-state index is 12.3. The number of nitro benzene ring substituents is 1. The van der Waals surface area contributed by atoms with E-state index in [1.807, 2.05) is 6.92 Å². The molecular formula is C19H18N4O6. The zero-order valence-corrected chi connectivity index (χ0v) is 16.2. The molecule has 0 aliphatic carbocycles. The molecule has 1 aliphatic heterocycles. The number of carbonyl (C=O) groups excluding carboxylic acids is 3. The number of aryl methyl sites for hydroxylation is 1. The Balaban J connectivity index is 2.11. The van der Waals surface area contributed by atoms with Gasteiger partial charge in [0.2, 0.25) is 0 Å². The number of nitrogens with zero attached hydrogens (tertiary/aromatic N) is 3. The smallest absolute Gasteiger partial charge is 0.331 e. The summed E-state index contributed by atoms with van der Waals surface area (Å²) < 4.78 is 7.12. The lowest BCUT2D eigenvalue weighted by Gasteiger charge is -2.22. The number of carbonyl (C=O) groups is 3. The third-order valence-electron chi connectivity index (χ3n) is 4.69. The van der Waals surface area contributed by atoms with Gasteiger partial charge in [-0.15, -0.1) is 0 Å².